The van der Waals surface area contributed by atoms with Gasteiger partial charge in [-0.3, -0.25) is 0 Å². The van der Waals surface area contributed by atoms with Gasteiger partial charge in [0.05, 0.1) is 5.69 Å². The zero-order valence-electron chi connectivity index (χ0n) is 11.5. The summed E-state index contributed by atoms with van der Waals surface area (Å²) in [5.41, 5.74) is 6.56. The van der Waals surface area contributed by atoms with E-state index in [1.165, 1.54) is 0 Å². The molecule has 0 radical (unpaired) electrons. The van der Waals surface area contributed by atoms with Gasteiger partial charge in [0.15, 0.2) is 0 Å². The molecule has 2 heterocycles. The van der Waals surface area contributed by atoms with Crippen LogP contribution in [0.4, 0.5) is 17.3 Å². The molecule has 2 aromatic heterocycles. The molecule has 102 valence electrons. The van der Waals surface area contributed by atoms with Crippen LogP contribution in [0.5, 0.6) is 0 Å². The van der Waals surface area contributed by atoms with Gasteiger partial charge in [0.2, 0.25) is 0 Å². The summed E-state index contributed by atoms with van der Waals surface area (Å²) in [6.07, 6.45) is 5.34. The molecule has 0 saturated carbocycles. The van der Waals surface area contributed by atoms with Crippen molar-refractivity contribution in [3.05, 3.63) is 30.9 Å². The summed E-state index contributed by atoms with van der Waals surface area (Å²) in [5.74, 6) is 1.59. The third-order valence-corrected chi connectivity index (χ3v) is 2.94. The first-order chi connectivity index (χ1) is 9.02. The van der Waals surface area contributed by atoms with Crippen LogP contribution in [0.2, 0.25) is 0 Å². The molecule has 0 aliphatic heterocycles. The van der Waals surface area contributed by atoms with E-state index in [1.54, 1.807) is 6.33 Å². The second-order valence-corrected chi connectivity index (χ2v) is 5.10. The zero-order valence-corrected chi connectivity index (χ0v) is 11.5. The molecule has 19 heavy (non-hydrogen) atoms. The van der Waals surface area contributed by atoms with Crippen LogP contribution in [0.1, 0.15) is 13.8 Å². The van der Waals surface area contributed by atoms with Gasteiger partial charge in [-0.15, -0.1) is 0 Å². The Morgan fingerprint density at radius 3 is 2.84 bits per heavy atom. The molecule has 2 aromatic rings. The zero-order chi connectivity index (χ0) is 13.9. The van der Waals surface area contributed by atoms with Crippen molar-refractivity contribution in [3.8, 4) is 0 Å². The molecular formula is C13H20N6. The summed E-state index contributed by atoms with van der Waals surface area (Å²) in [6.45, 7) is 4.59. The van der Waals surface area contributed by atoms with Crippen molar-refractivity contribution >= 4 is 17.3 Å². The second-order valence-electron chi connectivity index (χ2n) is 5.10. The van der Waals surface area contributed by atoms with E-state index in [4.69, 9.17) is 5.73 Å². The topological polar surface area (TPSA) is 82.9 Å². The maximum absolute atomic E-state index is 5.71. The average Bonchev–Trinajstić information content (AvgIpc) is 2.91. The fraction of sp³-hybridized carbons (Fsp3) is 0.385. The Bertz CT molecular complexity index is 520. The quantitative estimate of drug-likeness (QED) is 0.762. The molecule has 0 spiro atoms. The predicted octanol–water partition coefficient (Wildman–Crippen LogP) is 1.72. The van der Waals surface area contributed by atoms with Crippen molar-refractivity contribution in [2.45, 2.75) is 19.4 Å². The van der Waals surface area contributed by atoms with E-state index in [1.807, 2.05) is 50.3 Å². The van der Waals surface area contributed by atoms with Gasteiger partial charge in [-0.1, -0.05) is 0 Å². The first-order valence-corrected chi connectivity index (χ1v) is 6.19. The third-order valence-electron chi connectivity index (χ3n) is 2.94. The SMILES string of the molecule is CN(c1cc[nH]c1)c1cc(NC(C)(C)CN)ncn1. The number of H-pyrrole nitrogens is 1. The number of nitrogens with one attached hydrogen (secondary N) is 2. The maximum atomic E-state index is 5.71. The van der Waals surface area contributed by atoms with Crippen molar-refractivity contribution in [2.75, 3.05) is 23.8 Å². The van der Waals surface area contributed by atoms with Crippen LogP contribution in [-0.4, -0.2) is 34.1 Å². The molecule has 0 unspecified atom stereocenters. The lowest BCUT2D eigenvalue weighted by Gasteiger charge is -2.25. The Morgan fingerprint density at radius 2 is 2.21 bits per heavy atom. The van der Waals surface area contributed by atoms with E-state index in [0.29, 0.717) is 6.54 Å². The minimum absolute atomic E-state index is 0.196. The van der Waals surface area contributed by atoms with E-state index < -0.39 is 0 Å². The summed E-state index contributed by atoms with van der Waals surface area (Å²) in [7, 11) is 1.96. The lowest BCUT2D eigenvalue weighted by Crippen LogP contribution is -2.39. The summed E-state index contributed by atoms with van der Waals surface area (Å²) in [6, 6.07) is 3.89. The molecule has 6 heteroatoms. The number of aromatic nitrogens is 3. The summed E-state index contributed by atoms with van der Waals surface area (Å²) in [4.78, 5) is 13.5. The highest BCUT2D eigenvalue weighted by Gasteiger charge is 2.16. The van der Waals surface area contributed by atoms with Crippen LogP contribution in [0.25, 0.3) is 0 Å². The van der Waals surface area contributed by atoms with Crippen LogP contribution < -0.4 is 16.0 Å². The van der Waals surface area contributed by atoms with E-state index >= 15 is 0 Å². The van der Waals surface area contributed by atoms with Gasteiger partial charge in [0.1, 0.15) is 18.0 Å². The van der Waals surface area contributed by atoms with E-state index in [2.05, 4.69) is 20.3 Å². The number of hydrogen-bond donors (Lipinski definition) is 3. The van der Waals surface area contributed by atoms with Gasteiger partial charge in [0, 0.05) is 37.6 Å². The van der Waals surface area contributed by atoms with Crippen molar-refractivity contribution in [1.82, 2.24) is 15.0 Å². The van der Waals surface area contributed by atoms with Crippen LogP contribution in [0.3, 0.4) is 0 Å². The Labute approximate surface area is 113 Å². The fourth-order valence-corrected chi connectivity index (χ4v) is 1.65. The molecule has 0 atom stereocenters. The highest BCUT2D eigenvalue weighted by Crippen LogP contribution is 2.22. The van der Waals surface area contributed by atoms with Gasteiger partial charge in [-0.05, 0) is 19.9 Å². The number of aromatic amines is 1. The van der Waals surface area contributed by atoms with Crippen LogP contribution in [0, 0.1) is 0 Å². The number of rotatable bonds is 5. The van der Waals surface area contributed by atoms with Gasteiger partial charge < -0.3 is 20.9 Å². The van der Waals surface area contributed by atoms with Gasteiger partial charge >= 0.3 is 0 Å². The summed E-state index contributed by atoms with van der Waals surface area (Å²) >= 11 is 0. The van der Waals surface area contributed by atoms with Crippen LogP contribution in [0.15, 0.2) is 30.9 Å². The standard InChI is InChI=1S/C13H20N6/c1-13(2,8-14)18-11-6-12(17-9-16-11)19(3)10-4-5-15-7-10/h4-7,9,15H,8,14H2,1-3H3,(H,16,17,18). The molecule has 2 rings (SSSR count). The average molecular weight is 260 g/mol. The van der Waals surface area contributed by atoms with Crippen molar-refractivity contribution < 1.29 is 0 Å². The first kappa shape index (κ1) is 13.4. The largest absolute Gasteiger partial charge is 0.366 e. The van der Waals surface area contributed by atoms with Gasteiger partial charge in [-0.2, -0.15) is 0 Å². The highest BCUT2D eigenvalue weighted by molar-refractivity contribution is 5.60. The monoisotopic (exact) mass is 260 g/mol. The first-order valence-electron chi connectivity index (χ1n) is 6.19. The molecule has 6 nitrogen and oxygen atoms in total. The molecule has 0 fully saturated rings. The number of anilines is 3. The number of hydrogen-bond acceptors (Lipinski definition) is 5. The molecule has 0 aliphatic carbocycles. The molecule has 0 bridgehead atoms. The molecule has 0 aliphatic rings. The summed E-state index contributed by atoms with van der Waals surface area (Å²) in [5, 5.41) is 3.30. The minimum Gasteiger partial charge on any atom is -0.366 e. The van der Waals surface area contributed by atoms with Gasteiger partial charge in [0.25, 0.3) is 0 Å². The third kappa shape index (κ3) is 3.23. The fourth-order valence-electron chi connectivity index (χ4n) is 1.65. The smallest absolute Gasteiger partial charge is 0.138 e. The van der Waals surface area contributed by atoms with Crippen molar-refractivity contribution in [3.63, 3.8) is 0 Å². The Kier molecular flexibility index (Phi) is 3.71. The molecular weight excluding hydrogens is 240 g/mol. The number of nitrogens with zero attached hydrogens (tertiary/aromatic N) is 3. The van der Waals surface area contributed by atoms with E-state index in [-0.39, 0.29) is 5.54 Å². The Hall–Kier alpha value is -2.08. The Morgan fingerprint density at radius 1 is 1.42 bits per heavy atom. The minimum atomic E-state index is -0.196. The Balaban J connectivity index is 2.20. The molecule has 0 amide bonds. The maximum Gasteiger partial charge on any atom is 0.138 e. The van der Waals surface area contributed by atoms with Crippen LogP contribution >= 0.6 is 0 Å². The van der Waals surface area contributed by atoms with Crippen molar-refractivity contribution in [2.24, 2.45) is 5.73 Å². The van der Waals surface area contributed by atoms with Gasteiger partial charge in [-0.25, -0.2) is 9.97 Å². The van der Waals surface area contributed by atoms with Crippen molar-refractivity contribution in [1.29, 1.82) is 0 Å². The normalized spacial score (nSPS) is 11.4. The van der Waals surface area contributed by atoms with E-state index in [9.17, 15) is 0 Å². The molecule has 0 saturated heterocycles. The lowest BCUT2D eigenvalue weighted by molar-refractivity contribution is 0.577. The van der Waals surface area contributed by atoms with Crippen LogP contribution in [-0.2, 0) is 0 Å². The number of nitrogens with two attached hydrogens (primary N) is 1. The highest BCUT2D eigenvalue weighted by atomic mass is 15.2. The molecule has 4 N–H and O–H groups in total. The lowest BCUT2D eigenvalue weighted by atomic mass is 10.1. The molecule has 0 aromatic carbocycles. The predicted molar refractivity (Wildman–Crippen MR) is 77.6 cm³/mol. The van der Waals surface area contributed by atoms with E-state index in [0.717, 1.165) is 17.3 Å². The second kappa shape index (κ2) is 5.27. The summed E-state index contributed by atoms with van der Waals surface area (Å²) < 4.78 is 0.